The van der Waals surface area contributed by atoms with Gasteiger partial charge < -0.3 is 9.94 Å². The first-order chi connectivity index (χ1) is 11.7. The van der Waals surface area contributed by atoms with Crippen LogP contribution in [0.4, 0.5) is 0 Å². The van der Waals surface area contributed by atoms with E-state index in [1.165, 1.54) is 24.8 Å². The Kier molecular flexibility index (Phi) is 7.53. The van der Waals surface area contributed by atoms with Gasteiger partial charge in [0, 0.05) is 12.1 Å². The third-order valence-corrected chi connectivity index (χ3v) is 4.10. The maximum atomic E-state index is 12.2. The van der Waals surface area contributed by atoms with Crippen LogP contribution < -0.4 is 9.58 Å². The van der Waals surface area contributed by atoms with Crippen molar-refractivity contribution in [1.82, 2.24) is 5.10 Å². The van der Waals surface area contributed by atoms with E-state index in [-0.39, 0.29) is 0 Å². The summed E-state index contributed by atoms with van der Waals surface area (Å²) >= 11 is 0. The molecule has 0 amide bonds. The Morgan fingerprint density at radius 1 is 0.917 bits per heavy atom. The monoisotopic (exact) mass is 328 g/mol. The molecule has 0 unspecified atom stereocenters. The predicted octanol–water partition coefficient (Wildman–Crippen LogP) is 4.68. The summed E-state index contributed by atoms with van der Waals surface area (Å²) < 4.78 is 5.52. The second kappa shape index (κ2) is 9.91. The number of aromatic nitrogens is 2. The lowest BCUT2D eigenvalue weighted by Gasteiger charge is -2.07. The van der Waals surface area contributed by atoms with E-state index in [1.54, 1.807) is 12.1 Å². The van der Waals surface area contributed by atoms with E-state index in [4.69, 9.17) is 4.74 Å². The topological polar surface area (TPSA) is 49.1 Å². The fraction of sp³-hybridized carbons (Fsp3) is 0.500. The minimum Gasteiger partial charge on any atom is -0.594 e. The quantitative estimate of drug-likeness (QED) is 0.361. The van der Waals surface area contributed by atoms with Gasteiger partial charge in [-0.1, -0.05) is 51.7 Å². The van der Waals surface area contributed by atoms with E-state index in [1.807, 2.05) is 12.1 Å². The van der Waals surface area contributed by atoms with Crippen molar-refractivity contribution < 1.29 is 9.58 Å². The summed E-state index contributed by atoms with van der Waals surface area (Å²) in [6.45, 7) is 4.96. The molecule has 0 aliphatic carbocycles. The highest BCUT2D eigenvalue weighted by atomic mass is 16.5. The summed E-state index contributed by atoms with van der Waals surface area (Å²) in [5, 5.41) is 16.1. The van der Waals surface area contributed by atoms with E-state index < -0.39 is 0 Å². The molecule has 4 nitrogen and oxygen atoms in total. The normalized spacial score (nSPS) is 10.8. The van der Waals surface area contributed by atoms with Crippen molar-refractivity contribution in [1.29, 1.82) is 0 Å². The molecule has 1 heterocycles. The highest BCUT2D eigenvalue weighted by molar-refractivity contribution is 5.56. The maximum absolute atomic E-state index is 12.2. The van der Waals surface area contributed by atoms with Crippen LogP contribution in [0.2, 0.25) is 0 Å². The van der Waals surface area contributed by atoms with Gasteiger partial charge in [0.25, 0.3) is 11.6 Å². The Morgan fingerprint density at radius 3 is 2.29 bits per heavy atom. The van der Waals surface area contributed by atoms with Gasteiger partial charge in [0.15, 0.2) is 0 Å². The predicted molar refractivity (Wildman–Crippen MR) is 96.9 cm³/mol. The highest BCUT2D eigenvalue weighted by Gasteiger charge is 2.12. The lowest BCUT2D eigenvalue weighted by atomic mass is 10.0. The standard InChI is InChI=1S/C20H28N2O2/c1-3-5-7-9-17-10-12-18(13-11-17)19-14-15-20(21-22(19)23)24-16-8-6-4-2/h10-15H,3-9,16H2,1-2H3. The zero-order valence-corrected chi connectivity index (χ0v) is 14.8. The smallest absolute Gasteiger partial charge is 0.280 e. The van der Waals surface area contributed by atoms with Gasteiger partial charge in [0.2, 0.25) is 0 Å². The first kappa shape index (κ1) is 18.2. The molecule has 0 saturated heterocycles. The van der Waals surface area contributed by atoms with Gasteiger partial charge in [-0.2, -0.15) is 0 Å². The van der Waals surface area contributed by atoms with E-state index >= 15 is 0 Å². The summed E-state index contributed by atoms with van der Waals surface area (Å²) in [6.07, 6.45) is 8.04. The molecule has 0 aliphatic heterocycles. The Hall–Kier alpha value is -2.10. The third kappa shape index (κ3) is 5.52. The fourth-order valence-corrected chi connectivity index (χ4v) is 2.62. The molecule has 0 saturated carbocycles. The van der Waals surface area contributed by atoms with Gasteiger partial charge in [0.1, 0.15) is 0 Å². The number of benzene rings is 1. The first-order valence-electron chi connectivity index (χ1n) is 9.07. The molecular formula is C20H28N2O2. The van der Waals surface area contributed by atoms with Crippen molar-refractivity contribution in [2.45, 2.75) is 58.8 Å². The zero-order valence-electron chi connectivity index (χ0n) is 14.8. The first-order valence-corrected chi connectivity index (χ1v) is 9.07. The molecule has 0 fully saturated rings. The molecule has 2 aromatic rings. The molecule has 1 aromatic heterocycles. The summed E-state index contributed by atoms with van der Waals surface area (Å²) in [5.41, 5.74) is 2.75. The maximum Gasteiger partial charge on any atom is 0.280 e. The fourth-order valence-electron chi connectivity index (χ4n) is 2.62. The summed E-state index contributed by atoms with van der Waals surface area (Å²) in [7, 11) is 0. The van der Waals surface area contributed by atoms with Crippen molar-refractivity contribution >= 4 is 0 Å². The van der Waals surface area contributed by atoms with E-state index in [0.29, 0.717) is 23.0 Å². The van der Waals surface area contributed by atoms with Crippen LogP contribution in [0.5, 0.6) is 5.88 Å². The van der Waals surface area contributed by atoms with Crippen LogP contribution in [0, 0.1) is 5.21 Å². The minimum atomic E-state index is 0.390. The summed E-state index contributed by atoms with van der Waals surface area (Å²) in [6, 6.07) is 11.7. The number of aryl methyl sites for hydroxylation is 1. The number of hydrogen-bond donors (Lipinski definition) is 0. The van der Waals surface area contributed by atoms with Crippen LogP contribution in [0.15, 0.2) is 36.4 Å². The van der Waals surface area contributed by atoms with E-state index in [2.05, 4.69) is 31.1 Å². The Morgan fingerprint density at radius 2 is 1.62 bits per heavy atom. The molecule has 0 spiro atoms. The van der Waals surface area contributed by atoms with Crippen molar-refractivity contribution in [3.63, 3.8) is 0 Å². The van der Waals surface area contributed by atoms with Crippen molar-refractivity contribution in [2.75, 3.05) is 6.61 Å². The number of ether oxygens (including phenoxy) is 1. The molecule has 130 valence electrons. The average molecular weight is 328 g/mol. The van der Waals surface area contributed by atoms with Crippen molar-refractivity contribution in [3.05, 3.63) is 47.2 Å². The van der Waals surface area contributed by atoms with Gasteiger partial charge in [-0.3, -0.25) is 0 Å². The van der Waals surface area contributed by atoms with Crippen LogP contribution >= 0.6 is 0 Å². The second-order valence-electron chi connectivity index (χ2n) is 6.14. The Bertz CT molecular complexity index is 612. The largest absolute Gasteiger partial charge is 0.594 e. The zero-order chi connectivity index (χ0) is 17.2. The second-order valence-corrected chi connectivity index (χ2v) is 6.14. The summed E-state index contributed by atoms with van der Waals surface area (Å²) in [5.74, 6) is 0.390. The Balaban J connectivity index is 1.98. The van der Waals surface area contributed by atoms with Gasteiger partial charge in [0.05, 0.1) is 17.3 Å². The van der Waals surface area contributed by atoms with Gasteiger partial charge in [-0.25, -0.2) is 0 Å². The average Bonchev–Trinajstić information content (AvgIpc) is 2.60. The number of hydrogen-bond acceptors (Lipinski definition) is 3. The number of nitrogens with zero attached hydrogens (tertiary/aromatic N) is 2. The summed E-state index contributed by atoms with van der Waals surface area (Å²) in [4.78, 5) is 0.654. The van der Waals surface area contributed by atoms with Gasteiger partial charge >= 0.3 is 0 Å². The van der Waals surface area contributed by atoms with Crippen LogP contribution in [0.1, 0.15) is 57.9 Å². The lowest BCUT2D eigenvalue weighted by molar-refractivity contribution is -0.658. The molecule has 0 N–H and O–H groups in total. The number of rotatable bonds is 10. The molecule has 0 aliphatic rings. The van der Waals surface area contributed by atoms with Crippen LogP contribution in [-0.4, -0.2) is 11.7 Å². The van der Waals surface area contributed by atoms with Crippen LogP contribution in [0.3, 0.4) is 0 Å². The molecule has 0 atom stereocenters. The van der Waals surface area contributed by atoms with Crippen LogP contribution in [-0.2, 0) is 6.42 Å². The van der Waals surface area contributed by atoms with Gasteiger partial charge in [-0.15, -0.1) is 0 Å². The van der Waals surface area contributed by atoms with E-state index in [0.717, 1.165) is 31.2 Å². The molecule has 2 rings (SSSR count). The highest BCUT2D eigenvalue weighted by Crippen LogP contribution is 2.18. The molecule has 24 heavy (non-hydrogen) atoms. The molecule has 1 aromatic carbocycles. The molecule has 0 radical (unpaired) electrons. The molecule has 0 bridgehead atoms. The minimum absolute atomic E-state index is 0.390. The van der Waals surface area contributed by atoms with Crippen LogP contribution in [0.25, 0.3) is 11.3 Å². The third-order valence-electron chi connectivity index (χ3n) is 4.10. The van der Waals surface area contributed by atoms with E-state index in [9.17, 15) is 5.21 Å². The van der Waals surface area contributed by atoms with Crippen molar-refractivity contribution in [3.8, 4) is 17.1 Å². The number of unbranched alkanes of at least 4 members (excludes halogenated alkanes) is 4. The lowest BCUT2D eigenvalue weighted by Crippen LogP contribution is -2.34. The van der Waals surface area contributed by atoms with Gasteiger partial charge in [-0.05, 0) is 41.8 Å². The Labute approximate surface area is 145 Å². The molecular weight excluding hydrogens is 300 g/mol. The SMILES string of the molecule is CCCCCOc1ccc(-c2ccc(CCCCC)cc2)[n+]([O-])n1. The molecule has 4 heteroatoms. The van der Waals surface area contributed by atoms with Crippen molar-refractivity contribution in [2.24, 2.45) is 0 Å².